The molecule has 1 aliphatic heterocycles. The number of ether oxygens (including phenoxy) is 1. The van der Waals surface area contributed by atoms with Crippen LogP contribution >= 0.6 is 0 Å². The van der Waals surface area contributed by atoms with E-state index in [0.717, 1.165) is 61.5 Å². The molecule has 0 radical (unpaired) electrons. The molecule has 4 nitrogen and oxygen atoms in total. The van der Waals surface area contributed by atoms with Crippen LogP contribution in [0.4, 0.5) is 0 Å². The molecule has 1 amide bonds. The molecule has 2 fully saturated rings. The van der Waals surface area contributed by atoms with E-state index >= 15 is 0 Å². The van der Waals surface area contributed by atoms with Crippen LogP contribution in [0, 0.1) is 12.8 Å². The third-order valence-corrected chi connectivity index (χ3v) is 6.06. The molecule has 27 heavy (non-hydrogen) atoms. The van der Waals surface area contributed by atoms with Crippen LogP contribution in [-0.4, -0.2) is 36.0 Å². The molecule has 1 aromatic heterocycles. The molecule has 1 aliphatic carbocycles. The first-order valence-corrected chi connectivity index (χ1v) is 10.1. The minimum Gasteiger partial charge on any atom is -0.497 e. The summed E-state index contributed by atoms with van der Waals surface area (Å²) in [4.78, 5) is 19.4. The molecule has 2 aromatic rings. The number of piperidine rings is 1. The van der Waals surface area contributed by atoms with Gasteiger partial charge in [0.1, 0.15) is 5.75 Å². The average molecular weight is 364 g/mol. The summed E-state index contributed by atoms with van der Waals surface area (Å²) in [5.74, 6) is 1.98. The zero-order valence-corrected chi connectivity index (χ0v) is 16.3. The summed E-state index contributed by atoms with van der Waals surface area (Å²) in [7, 11) is 1.70. The van der Waals surface area contributed by atoms with Crippen LogP contribution in [0.2, 0.25) is 0 Å². The standard InChI is InChI=1S/C23H28N2O2/c1-16-13-20(19-7-4-8-21(14-19)27-2)15-22(24-16)17-9-11-25(12-10-17)23(26)18-5-3-6-18/h4,7-8,13-15,17-18H,3,5-6,9-12H2,1-2H3. The van der Waals surface area contributed by atoms with E-state index in [1.807, 2.05) is 12.1 Å². The maximum Gasteiger partial charge on any atom is 0.225 e. The summed E-state index contributed by atoms with van der Waals surface area (Å²) in [5, 5.41) is 0. The van der Waals surface area contributed by atoms with Crippen molar-refractivity contribution in [3.05, 3.63) is 47.8 Å². The van der Waals surface area contributed by atoms with E-state index in [2.05, 4.69) is 36.1 Å². The molecule has 0 unspecified atom stereocenters. The van der Waals surface area contributed by atoms with Crippen molar-refractivity contribution in [1.82, 2.24) is 9.88 Å². The van der Waals surface area contributed by atoms with Gasteiger partial charge in [0, 0.05) is 36.3 Å². The van der Waals surface area contributed by atoms with Crippen molar-refractivity contribution in [2.45, 2.75) is 44.9 Å². The Labute approximate surface area is 161 Å². The highest BCUT2D eigenvalue weighted by molar-refractivity contribution is 5.79. The van der Waals surface area contributed by atoms with Gasteiger partial charge in [-0.2, -0.15) is 0 Å². The summed E-state index contributed by atoms with van der Waals surface area (Å²) in [6, 6.07) is 12.5. The van der Waals surface area contributed by atoms with E-state index in [0.29, 0.717) is 17.7 Å². The number of aryl methyl sites for hydroxylation is 1. The maximum atomic E-state index is 12.5. The minimum absolute atomic E-state index is 0.304. The topological polar surface area (TPSA) is 42.4 Å². The summed E-state index contributed by atoms with van der Waals surface area (Å²) in [5.41, 5.74) is 4.53. The first-order valence-electron chi connectivity index (χ1n) is 10.1. The number of methoxy groups -OCH3 is 1. The molecule has 1 saturated carbocycles. The molecular weight excluding hydrogens is 336 g/mol. The largest absolute Gasteiger partial charge is 0.497 e. The molecular formula is C23H28N2O2. The first-order chi connectivity index (χ1) is 13.1. The maximum absolute atomic E-state index is 12.5. The Hall–Kier alpha value is -2.36. The second-order valence-corrected chi connectivity index (χ2v) is 7.88. The van der Waals surface area contributed by atoms with E-state index in [1.54, 1.807) is 7.11 Å². The van der Waals surface area contributed by atoms with Crippen LogP contribution in [0.25, 0.3) is 11.1 Å². The highest BCUT2D eigenvalue weighted by atomic mass is 16.5. The molecule has 142 valence electrons. The summed E-state index contributed by atoms with van der Waals surface area (Å²) >= 11 is 0. The number of amides is 1. The van der Waals surface area contributed by atoms with E-state index < -0.39 is 0 Å². The quantitative estimate of drug-likeness (QED) is 0.798. The Balaban J connectivity index is 1.49. The fraction of sp³-hybridized carbons (Fsp3) is 0.478. The van der Waals surface area contributed by atoms with Gasteiger partial charge in [-0.3, -0.25) is 9.78 Å². The van der Waals surface area contributed by atoms with Gasteiger partial charge in [0.2, 0.25) is 5.91 Å². The van der Waals surface area contributed by atoms with Gasteiger partial charge in [0.05, 0.1) is 7.11 Å². The highest BCUT2D eigenvalue weighted by Crippen LogP contribution is 2.34. The van der Waals surface area contributed by atoms with Gasteiger partial charge < -0.3 is 9.64 Å². The van der Waals surface area contributed by atoms with Crippen LogP contribution in [0.3, 0.4) is 0 Å². The number of rotatable bonds is 4. The predicted molar refractivity (Wildman–Crippen MR) is 107 cm³/mol. The number of likely N-dealkylation sites (tertiary alicyclic amines) is 1. The number of carbonyl (C=O) groups is 1. The number of pyridine rings is 1. The molecule has 2 heterocycles. The number of carbonyl (C=O) groups excluding carboxylic acids is 1. The zero-order valence-electron chi connectivity index (χ0n) is 16.3. The average Bonchev–Trinajstić information content (AvgIpc) is 2.66. The van der Waals surface area contributed by atoms with Crippen molar-refractivity contribution in [2.75, 3.05) is 20.2 Å². The first kappa shape index (κ1) is 18.0. The van der Waals surface area contributed by atoms with Gasteiger partial charge in [0.15, 0.2) is 0 Å². The zero-order chi connectivity index (χ0) is 18.8. The van der Waals surface area contributed by atoms with Crippen molar-refractivity contribution >= 4 is 5.91 Å². The number of benzene rings is 1. The fourth-order valence-electron chi connectivity index (χ4n) is 4.18. The number of hydrogen-bond donors (Lipinski definition) is 0. The smallest absolute Gasteiger partial charge is 0.225 e. The molecule has 0 N–H and O–H groups in total. The van der Waals surface area contributed by atoms with Crippen molar-refractivity contribution in [2.24, 2.45) is 5.92 Å². The summed E-state index contributed by atoms with van der Waals surface area (Å²) in [6.07, 6.45) is 5.40. The Morgan fingerprint density at radius 2 is 1.85 bits per heavy atom. The van der Waals surface area contributed by atoms with E-state index in [1.165, 1.54) is 12.0 Å². The van der Waals surface area contributed by atoms with Gasteiger partial charge in [-0.15, -0.1) is 0 Å². The van der Waals surface area contributed by atoms with E-state index in [4.69, 9.17) is 9.72 Å². The number of aromatic nitrogens is 1. The Morgan fingerprint density at radius 3 is 2.52 bits per heavy atom. The molecule has 1 aromatic carbocycles. The van der Waals surface area contributed by atoms with Crippen LogP contribution in [0.15, 0.2) is 36.4 Å². The lowest BCUT2D eigenvalue weighted by atomic mass is 9.83. The normalized spacial score (nSPS) is 18.2. The Morgan fingerprint density at radius 1 is 1.07 bits per heavy atom. The molecule has 0 bridgehead atoms. The van der Waals surface area contributed by atoms with E-state index in [9.17, 15) is 4.79 Å². The molecule has 4 rings (SSSR count). The number of hydrogen-bond acceptors (Lipinski definition) is 3. The Bertz CT molecular complexity index is 821. The van der Waals surface area contributed by atoms with Crippen LogP contribution in [0.1, 0.15) is 49.4 Å². The lowest BCUT2D eigenvalue weighted by Crippen LogP contribution is -2.43. The van der Waals surface area contributed by atoms with Gasteiger partial charge in [-0.25, -0.2) is 0 Å². The number of nitrogens with zero attached hydrogens (tertiary/aromatic N) is 2. The third-order valence-electron chi connectivity index (χ3n) is 6.06. The van der Waals surface area contributed by atoms with Crippen molar-refractivity contribution in [1.29, 1.82) is 0 Å². The van der Waals surface area contributed by atoms with Crippen molar-refractivity contribution in [3.63, 3.8) is 0 Å². The summed E-state index contributed by atoms with van der Waals surface area (Å²) < 4.78 is 5.37. The van der Waals surface area contributed by atoms with Crippen LogP contribution in [-0.2, 0) is 4.79 Å². The monoisotopic (exact) mass is 364 g/mol. The van der Waals surface area contributed by atoms with Gasteiger partial charge in [-0.05, 0) is 68.0 Å². The van der Waals surface area contributed by atoms with Crippen molar-refractivity contribution < 1.29 is 9.53 Å². The third kappa shape index (κ3) is 3.85. The molecule has 4 heteroatoms. The highest BCUT2D eigenvalue weighted by Gasteiger charge is 2.32. The molecule has 2 aliphatic rings. The second-order valence-electron chi connectivity index (χ2n) is 7.88. The van der Waals surface area contributed by atoms with Crippen LogP contribution in [0.5, 0.6) is 5.75 Å². The Kier molecular flexibility index (Phi) is 5.15. The second kappa shape index (κ2) is 7.71. The SMILES string of the molecule is COc1cccc(-c2cc(C)nc(C3CCN(C(=O)C4CCC4)CC3)c2)c1. The lowest BCUT2D eigenvalue weighted by Gasteiger charge is -2.36. The molecule has 1 saturated heterocycles. The lowest BCUT2D eigenvalue weighted by molar-refractivity contribution is -0.139. The van der Waals surface area contributed by atoms with Gasteiger partial charge in [0.25, 0.3) is 0 Å². The molecule has 0 atom stereocenters. The predicted octanol–water partition coefficient (Wildman–Crippen LogP) is 4.57. The van der Waals surface area contributed by atoms with Gasteiger partial charge in [-0.1, -0.05) is 18.6 Å². The van der Waals surface area contributed by atoms with Crippen molar-refractivity contribution in [3.8, 4) is 16.9 Å². The summed E-state index contributed by atoms with van der Waals surface area (Å²) in [6.45, 7) is 3.79. The fourth-order valence-corrected chi connectivity index (χ4v) is 4.18. The van der Waals surface area contributed by atoms with Gasteiger partial charge >= 0.3 is 0 Å². The molecule has 0 spiro atoms. The minimum atomic E-state index is 0.304. The van der Waals surface area contributed by atoms with Crippen LogP contribution < -0.4 is 4.74 Å². The van der Waals surface area contributed by atoms with E-state index in [-0.39, 0.29) is 0 Å².